The highest BCUT2D eigenvalue weighted by Gasteiger charge is 2.18. The van der Waals surface area contributed by atoms with Crippen LogP contribution in [0.4, 0.5) is 0 Å². The summed E-state index contributed by atoms with van der Waals surface area (Å²) in [6, 6.07) is 16.1. The maximum Gasteiger partial charge on any atom is 0.271 e. The lowest BCUT2D eigenvalue weighted by atomic mass is 10.1. The lowest BCUT2D eigenvalue weighted by Gasteiger charge is -2.31. The van der Waals surface area contributed by atoms with Crippen molar-refractivity contribution in [2.45, 2.75) is 25.4 Å². The van der Waals surface area contributed by atoms with Crippen molar-refractivity contribution in [2.75, 3.05) is 40.5 Å². The second-order valence-electron chi connectivity index (χ2n) is 8.24. The number of rotatable bonds is 10. The number of methoxy groups -OCH3 is 1. The first kappa shape index (κ1) is 24.2. The van der Waals surface area contributed by atoms with Gasteiger partial charge in [0.15, 0.2) is 0 Å². The Morgan fingerprint density at radius 2 is 2.03 bits per heavy atom. The molecule has 0 spiro atoms. The number of ether oxygens (including phenoxy) is 3. The summed E-state index contributed by atoms with van der Waals surface area (Å²) in [4.78, 5) is 19.5. The molecule has 180 valence electrons. The van der Waals surface area contributed by atoms with E-state index in [-0.39, 0.29) is 5.91 Å². The van der Waals surface area contributed by atoms with Crippen LogP contribution in [-0.4, -0.2) is 62.4 Å². The first-order chi connectivity index (χ1) is 16.6. The SMILES string of the molecule is COc1ccccc1-c1nc(C(=O)NCc2cccc(OCCN(C)C3CCOCC3)c2)cs1. The van der Waals surface area contributed by atoms with Gasteiger partial charge in [-0.25, -0.2) is 4.98 Å². The molecule has 2 heterocycles. The number of amides is 1. The van der Waals surface area contributed by atoms with Crippen LogP contribution in [0.5, 0.6) is 11.5 Å². The molecule has 1 fully saturated rings. The second-order valence-corrected chi connectivity index (χ2v) is 9.10. The Morgan fingerprint density at radius 3 is 2.85 bits per heavy atom. The Hall–Kier alpha value is -2.94. The average Bonchev–Trinajstić information content (AvgIpc) is 3.38. The zero-order valence-corrected chi connectivity index (χ0v) is 20.5. The minimum Gasteiger partial charge on any atom is -0.496 e. The van der Waals surface area contributed by atoms with Crippen LogP contribution < -0.4 is 14.8 Å². The van der Waals surface area contributed by atoms with Gasteiger partial charge in [0.25, 0.3) is 5.91 Å². The molecule has 0 radical (unpaired) electrons. The number of nitrogens with one attached hydrogen (secondary N) is 1. The number of thiazole rings is 1. The highest BCUT2D eigenvalue weighted by atomic mass is 32.1. The summed E-state index contributed by atoms with van der Waals surface area (Å²) >= 11 is 1.42. The Labute approximate surface area is 204 Å². The molecule has 0 atom stereocenters. The second kappa shape index (κ2) is 12.0. The first-order valence-electron chi connectivity index (χ1n) is 11.5. The molecule has 1 saturated heterocycles. The number of hydrogen-bond acceptors (Lipinski definition) is 7. The van der Waals surface area contributed by atoms with E-state index in [2.05, 4.69) is 22.2 Å². The fourth-order valence-corrected chi connectivity index (χ4v) is 4.79. The standard InChI is InChI=1S/C26H31N3O4S/c1-29(20-10-13-32-14-11-20)12-15-33-21-7-5-6-19(16-21)17-27-25(30)23-18-34-26(28-23)22-8-3-4-9-24(22)31-2/h3-9,16,18,20H,10-15,17H2,1-2H3,(H,27,30). The minimum absolute atomic E-state index is 0.207. The molecule has 0 unspecified atom stereocenters. The Bertz CT molecular complexity index is 1080. The van der Waals surface area contributed by atoms with E-state index >= 15 is 0 Å². The maximum atomic E-state index is 12.7. The van der Waals surface area contributed by atoms with Gasteiger partial charge in [-0.3, -0.25) is 9.69 Å². The van der Waals surface area contributed by atoms with Crippen LogP contribution in [0, 0.1) is 0 Å². The molecule has 4 rings (SSSR count). The predicted octanol–water partition coefficient (Wildman–Crippen LogP) is 4.24. The molecule has 1 aromatic heterocycles. The Kier molecular flexibility index (Phi) is 8.51. The molecule has 1 N–H and O–H groups in total. The van der Waals surface area contributed by atoms with Crippen molar-refractivity contribution in [2.24, 2.45) is 0 Å². The van der Waals surface area contributed by atoms with Gasteiger partial charge in [-0.2, -0.15) is 0 Å². The minimum atomic E-state index is -0.207. The highest BCUT2D eigenvalue weighted by Crippen LogP contribution is 2.31. The van der Waals surface area contributed by atoms with Crippen LogP contribution in [0.2, 0.25) is 0 Å². The summed E-state index contributed by atoms with van der Waals surface area (Å²) in [6.07, 6.45) is 2.15. The summed E-state index contributed by atoms with van der Waals surface area (Å²) in [5, 5.41) is 5.47. The van der Waals surface area contributed by atoms with Gasteiger partial charge in [-0.15, -0.1) is 11.3 Å². The largest absolute Gasteiger partial charge is 0.496 e. The number of aromatic nitrogens is 1. The van der Waals surface area contributed by atoms with Crippen molar-refractivity contribution in [1.29, 1.82) is 0 Å². The summed E-state index contributed by atoms with van der Waals surface area (Å²) in [5.41, 5.74) is 2.25. The summed E-state index contributed by atoms with van der Waals surface area (Å²) in [5.74, 6) is 1.33. The lowest BCUT2D eigenvalue weighted by molar-refractivity contribution is 0.0392. The van der Waals surface area contributed by atoms with Gasteiger partial charge < -0.3 is 19.5 Å². The topological polar surface area (TPSA) is 72.9 Å². The summed E-state index contributed by atoms with van der Waals surface area (Å²) in [6.45, 7) is 3.57. The van der Waals surface area contributed by atoms with Gasteiger partial charge in [0.1, 0.15) is 28.8 Å². The molecule has 3 aromatic rings. The molecule has 0 bridgehead atoms. The monoisotopic (exact) mass is 481 g/mol. The number of hydrogen-bond donors (Lipinski definition) is 1. The third-order valence-electron chi connectivity index (χ3n) is 5.95. The molecule has 34 heavy (non-hydrogen) atoms. The van der Waals surface area contributed by atoms with Crippen LogP contribution in [0.1, 0.15) is 28.9 Å². The van der Waals surface area contributed by atoms with Crippen molar-refractivity contribution < 1.29 is 19.0 Å². The van der Waals surface area contributed by atoms with Gasteiger partial charge in [-0.05, 0) is 49.7 Å². The highest BCUT2D eigenvalue weighted by molar-refractivity contribution is 7.13. The lowest BCUT2D eigenvalue weighted by Crippen LogP contribution is -2.38. The number of carbonyl (C=O) groups excluding carboxylic acids is 1. The van der Waals surface area contributed by atoms with Crippen LogP contribution in [-0.2, 0) is 11.3 Å². The van der Waals surface area contributed by atoms with E-state index in [9.17, 15) is 4.79 Å². The quantitative estimate of drug-likeness (QED) is 0.467. The van der Waals surface area contributed by atoms with Crippen molar-refractivity contribution in [3.8, 4) is 22.1 Å². The molecule has 2 aromatic carbocycles. The number of benzene rings is 2. The Morgan fingerprint density at radius 1 is 1.21 bits per heavy atom. The van der Waals surface area contributed by atoms with Gasteiger partial charge in [-0.1, -0.05) is 24.3 Å². The molecule has 0 saturated carbocycles. The Balaban J connectivity index is 1.27. The molecule has 1 aliphatic rings. The smallest absolute Gasteiger partial charge is 0.271 e. The first-order valence-corrected chi connectivity index (χ1v) is 12.4. The van der Waals surface area contributed by atoms with E-state index in [1.54, 1.807) is 12.5 Å². The van der Waals surface area contributed by atoms with Crippen LogP contribution in [0.25, 0.3) is 10.6 Å². The van der Waals surface area contributed by atoms with Crippen molar-refractivity contribution in [3.05, 3.63) is 65.2 Å². The van der Waals surface area contributed by atoms with Gasteiger partial charge in [0, 0.05) is 37.7 Å². The normalized spacial score (nSPS) is 14.2. The number of likely N-dealkylation sites (N-methyl/N-ethyl adjacent to an activating group) is 1. The number of carbonyl (C=O) groups is 1. The molecule has 8 heteroatoms. The van der Waals surface area contributed by atoms with E-state index in [0.717, 1.165) is 60.2 Å². The molecule has 1 amide bonds. The molecule has 7 nitrogen and oxygen atoms in total. The van der Waals surface area contributed by atoms with Gasteiger partial charge >= 0.3 is 0 Å². The van der Waals surface area contributed by atoms with Gasteiger partial charge in [0.2, 0.25) is 0 Å². The van der Waals surface area contributed by atoms with Crippen LogP contribution in [0.15, 0.2) is 53.9 Å². The zero-order valence-electron chi connectivity index (χ0n) is 19.7. The van der Waals surface area contributed by atoms with E-state index in [1.165, 1.54) is 11.3 Å². The molecular weight excluding hydrogens is 450 g/mol. The number of nitrogens with zero attached hydrogens (tertiary/aromatic N) is 2. The van der Waals surface area contributed by atoms with E-state index in [1.807, 2.05) is 48.5 Å². The fraction of sp³-hybridized carbons (Fsp3) is 0.385. The van der Waals surface area contributed by atoms with Crippen LogP contribution in [0.3, 0.4) is 0 Å². The maximum absolute atomic E-state index is 12.7. The summed E-state index contributed by atoms with van der Waals surface area (Å²) < 4.78 is 16.8. The van der Waals surface area contributed by atoms with Crippen molar-refractivity contribution in [3.63, 3.8) is 0 Å². The molecule has 0 aliphatic carbocycles. The average molecular weight is 482 g/mol. The van der Waals surface area contributed by atoms with E-state index < -0.39 is 0 Å². The van der Waals surface area contributed by atoms with E-state index in [0.29, 0.717) is 24.9 Å². The fourth-order valence-electron chi connectivity index (χ4n) is 3.96. The third-order valence-corrected chi connectivity index (χ3v) is 6.83. The molecular formula is C26H31N3O4S. The van der Waals surface area contributed by atoms with Crippen molar-refractivity contribution in [1.82, 2.24) is 15.2 Å². The number of para-hydroxylation sites is 1. The van der Waals surface area contributed by atoms with Crippen LogP contribution >= 0.6 is 11.3 Å². The molecule has 1 aliphatic heterocycles. The summed E-state index contributed by atoms with van der Waals surface area (Å²) in [7, 11) is 3.77. The zero-order chi connectivity index (χ0) is 23.8. The van der Waals surface area contributed by atoms with Crippen molar-refractivity contribution >= 4 is 17.2 Å². The third kappa shape index (κ3) is 6.34. The predicted molar refractivity (Wildman–Crippen MR) is 134 cm³/mol. The van der Waals surface area contributed by atoms with E-state index in [4.69, 9.17) is 14.2 Å². The van der Waals surface area contributed by atoms with Gasteiger partial charge in [0.05, 0.1) is 12.7 Å².